The Kier molecular flexibility index (Phi) is 12.3. The van der Waals surface area contributed by atoms with Crippen molar-refractivity contribution in [2.24, 2.45) is 0 Å². The van der Waals surface area contributed by atoms with Crippen LogP contribution in [0.1, 0.15) is 46.2 Å². The van der Waals surface area contributed by atoms with Gasteiger partial charge in [-0.25, -0.2) is 0 Å². The summed E-state index contributed by atoms with van der Waals surface area (Å²) in [5, 5.41) is 77.5. The van der Waals surface area contributed by atoms with Gasteiger partial charge >= 0.3 is 0 Å². The van der Waals surface area contributed by atoms with Crippen LogP contribution in [0.4, 0.5) is 0 Å². The molecular formula is C50H50O6. The summed E-state index contributed by atoms with van der Waals surface area (Å²) in [5.74, 6) is 0. The fourth-order valence-corrected chi connectivity index (χ4v) is 8.70. The maximum atomic E-state index is 13.1. The Labute approximate surface area is 329 Å². The topological polar surface area (TPSA) is 121 Å². The molecule has 6 N–H and O–H groups in total. The molecule has 0 aliphatic heterocycles. The van der Waals surface area contributed by atoms with Gasteiger partial charge in [-0.05, 0) is 46.2 Å². The lowest BCUT2D eigenvalue weighted by molar-refractivity contribution is -0.240. The minimum absolute atomic E-state index is 0.415. The maximum absolute atomic E-state index is 13.1. The molecule has 286 valence electrons. The van der Waals surface area contributed by atoms with Crippen LogP contribution in [0.5, 0.6) is 0 Å². The van der Waals surface area contributed by atoms with E-state index in [-0.39, 0.29) is 0 Å². The van der Waals surface area contributed by atoms with Gasteiger partial charge in [-0.1, -0.05) is 194 Å². The zero-order chi connectivity index (χ0) is 39.8. The van der Waals surface area contributed by atoms with E-state index in [1.54, 1.807) is 0 Å². The third-order valence-electron chi connectivity index (χ3n) is 11.4. The van der Waals surface area contributed by atoms with Gasteiger partial charge in [0.25, 0.3) is 0 Å². The molecule has 0 aliphatic carbocycles. The van der Waals surface area contributed by atoms with E-state index in [0.717, 1.165) is 0 Å². The van der Waals surface area contributed by atoms with E-state index < -0.39 is 59.3 Å². The average molecular weight is 747 g/mol. The number of aliphatic hydroxyl groups is 6. The van der Waals surface area contributed by atoms with E-state index in [1.807, 2.05) is 182 Å². The van der Waals surface area contributed by atoms with Gasteiger partial charge in [0.05, 0.1) is 10.8 Å². The lowest BCUT2D eigenvalue weighted by Gasteiger charge is -2.53. The summed E-state index contributed by atoms with van der Waals surface area (Å²) < 4.78 is 0. The first-order chi connectivity index (χ1) is 27.1. The molecule has 6 rings (SSSR count). The van der Waals surface area contributed by atoms with E-state index in [9.17, 15) is 30.6 Å². The third-order valence-corrected chi connectivity index (χ3v) is 11.4. The smallest absolute Gasteiger partial charge is 0.124 e. The molecule has 0 aromatic heterocycles. The van der Waals surface area contributed by atoms with Crippen LogP contribution < -0.4 is 0 Å². The normalized spacial score (nSPS) is 16.3. The van der Waals surface area contributed by atoms with Crippen molar-refractivity contribution in [3.63, 3.8) is 0 Å². The van der Waals surface area contributed by atoms with Crippen molar-refractivity contribution in [1.29, 1.82) is 0 Å². The van der Waals surface area contributed by atoms with Gasteiger partial charge in [0.1, 0.15) is 35.6 Å². The maximum Gasteiger partial charge on any atom is 0.124 e. The van der Waals surface area contributed by atoms with Crippen molar-refractivity contribution < 1.29 is 30.6 Å². The number of aliphatic hydroxyl groups excluding tert-OH is 4. The number of hydrogen-bond donors (Lipinski definition) is 6. The molecule has 6 atom stereocenters. The predicted molar refractivity (Wildman–Crippen MR) is 222 cm³/mol. The molecule has 6 aromatic carbocycles. The van der Waals surface area contributed by atoms with Crippen molar-refractivity contribution in [3.05, 3.63) is 241 Å². The first kappa shape index (κ1) is 40.2. The second kappa shape index (κ2) is 17.1. The molecule has 0 aliphatic rings. The predicted octanol–water partition coefficient (Wildman–Crippen LogP) is 7.11. The lowest BCUT2D eigenvalue weighted by atomic mass is 9.57. The highest BCUT2D eigenvalue weighted by Crippen LogP contribution is 2.51. The molecule has 2 unspecified atom stereocenters. The zero-order valence-corrected chi connectivity index (χ0v) is 31.3. The van der Waals surface area contributed by atoms with Gasteiger partial charge in [-0.15, -0.1) is 13.2 Å². The fourth-order valence-electron chi connectivity index (χ4n) is 8.70. The summed E-state index contributed by atoms with van der Waals surface area (Å²) >= 11 is 0. The minimum Gasteiger partial charge on any atom is -0.388 e. The van der Waals surface area contributed by atoms with Crippen molar-refractivity contribution in [2.75, 3.05) is 0 Å². The van der Waals surface area contributed by atoms with Crippen LogP contribution in [0.25, 0.3) is 0 Å². The summed E-state index contributed by atoms with van der Waals surface area (Å²) in [6.45, 7) is 7.74. The number of benzene rings is 6. The van der Waals surface area contributed by atoms with E-state index in [4.69, 9.17) is 0 Å². The van der Waals surface area contributed by atoms with Crippen LogP contribution in [0.2, 0.25) is 0 Å². The molecule has 56 heavy (non-hydrogen) atoms. The minimum atomic E-state index is -2.59. The molecule has 0 fully saturated rings. The Bertz CT molecular complexity index is 1780. The Balaban J connectivity index is 1.59. The summed E-state index contributed by atoms with van der Waals surface area (Å²) in [6, 6.07) is 55.1. The summed E-state index contributed by atoms with van der Waals surface area (Å²) in [7, 11) is 0. The molecule has 0 amide bonds. The Morgan fingerprint density at radius 1 is 0.357 bits per heavy atom. The quantitative estimate of drug-likeness (QED) is 0.0437. The molecule has 0 radical (unpaired) electrons. The monoisotopic (exact) mass is 746 g/mol. The van der Waals surface area contributed by atoms with Crippen LogP contribution >= 0.6 is 0 Å². The second-order valence-electron chi connectivity index (χ2n) is 14.5. The average Bonchev–Trinajstić information content (AvgIpc) is 3.26. The largest absolute Gasteiger partial charge is 0.388 e. The van der Waals surface area contributed by atoms with Gasteiger partial charge in [0, 0.05) is 0 Å². The fraction of sp³-hybridized carbons (Fsp3) is 0.200. The molecule has 0 bridgehead atoms. The van der Waals surface area contributed by atoms with Crippen LogP contribution in [-0.4, -0.2) is 66.3 Å². The highest BCUT2D eigenvalue weighted by atomic mass is 16.4. The lowest BCUT2D eigenvalue weighted by Crippen LogP contribution is -2.70. The third kappa shape index (κ3) is 6.86. The van der Waals surface area contributed by atoms with Gasteiger partial charge in [0.2, 0.25) is 0 Å². The van der Waals surface area contributed by atoms with E-state index >= 15 is 0 Å². The molecule has 6 aromatic rings. The van der Waals surface area contributed by atoms with Gasteiger partial charge in [0.15, 0.2) is 0 Å². The van der Waals surface area contributed by atoms with E-state index in [0.29, 0.717) is 33.4 Å². The van der Waals surface area contributed by atoms with Crippen molar-refractivity contribution in [3.8, 4) is 0 Å². The molecule has 0 saturated carbocycles. The molecular weight excluding hydrogens is 697 g/mol. The van der Waals surface area contributed by atoms with Crippen LogP contribution in [0.15, 0.2) is 207 Å². The summed E-state index contributed by atoms with van der Waals surface area (Å²) in [6.07, 6.45) is -6.42. The second-order valence-corrected chi connectivity index (χ2v) is 14.5. The number of hydrogen-bond acceptors (Lipinski definition) is 6. The highest BCUT2D eigenvalue weighted by molar-refractivity contribution is 5.55. The molecule has 6 heteroatoms. The summed E-state index contributed by atoms with van der Waals surface area (Å²) in [4.78, 5) is 0. The van der Waals surface area contributed by atoms with Crippen LogP contribution in [0, 0.1) is 0 Å². The first-order valence-electron chi connectivity index (χ1n) is 18.8. The van der Waals surface area contributed by atoms with Crippen molar-refractivity contribution >= 4 is 0 Å². The van der Waals surface area contributed by atoms with Gasteiger partial charge in [-0.3, -0.25) is 0 Å². The Hall–Kier alpha value is -5.44. The van der Waals surface area contributed by atoms with Crippen molar-refractivity contribution in [2.45, 2.75) is 59.3 Å². The van der Waals surface area contributed by atoms with Gasteiger partial charge in [-0.2, -0.15) is 0 Å². The molecule has 0 heterocycles. The Morgan fingerprint density at radius 3 is 0.696 bits per heavy atom. The van der Waals surface area contributed by atoms with E-state index in [2.05, 4.69) is 13.2 Å². The first-order valence-corrected chi connectivity index (χ1v) is 18.8. The summed E-state index contributed by atoms with van der Waals surface area (Å²) in [5.41, 5.74) is -4.62. The zero-order valence-electron chi connectivity index (χ0n) is 31.3. The molecule has 0 spiro atoms. The van der Waals surface area contributed by atoms with Crippen LogP contribution in [0.3, 0.4) is 0 Å². The van der Waals surface area contributed by atoms with Crippen molar-refractivity contribution in [1.82, 2.24) is 0 Å². The Morgan fingerprint density at radius 2 is 0.536 bits per heavy atom. The molecule has 6 nitrogen and oxygen atoms in total. The van der Waals surface area contributed by atoms with E-state index in [1.165, 1.54) is 12.2 Å². The molecule has 0 saturated heterocycles. The SMILES string of the molecule is C=CC[C@@](O)(C(O)C(c1ccccc1)(c1ccccc1)c1ccccc1)[C@@H](O)[C@H](O)[C@@](O)(CC=C)C(O)C(c1ccccc1)(c1ccccc1)c1ccccc1. The number of rotatable bonds is 17. The standard InChI is InChI=1S/C50H50O6/c1-3-35-47(55,45(53)49(37-23-11-5-12-24-37,38-25-13-6-14-26-38)39-27-15-7-16-28-39)43(51)44(52)48(56,36-4-2)46(54)50(40-29-17-8-18-30-40,41-31-19-9-20-32-41)42-33-21-10-22-34-42/h3-34,43-46,51-56H,1-2,35-36H2/t43-,44-,45?,46?,47-,48-/m0/s1. The highest BCUT2D eigenvalue weighted by Gasteiger charge is 2.62. The van der Waals surface area contributed by atoms with Gasteiger partial charge < -0.3 is 30.6 Å². The van der Waals surface area contributed by atoms with Crippen LogP contribution in [-0.2, 0) is 10.8 Å².